The van der Waals surface area contributed by atoms with Crippen LogP contribution in [0, 0.1) is 5.82 Å². The molecule has 0 aliphatic carbocycles. The van der Waals surface area contributed by atoms with Crippen molar-refractivity contribution in [1.29, 1.82) is 0 Å². The molecule has 0 radical (unpaired) electrons. The molecule has 0 spiro atoms. The van der Waals surface area contributed by atoms with Crippen molar-refractivity contribution in [2.75, 3.05) is 18.4 Å². The van der Waals surface area contributed by atoms with Crippen LogP contribution in [0.1, 0.15) is 36.5 Å². The Labute approximate surface area is 178 Å². The maximum absolute atomic E-state index is 14.0. The lowest BCUT2D eigenvalue weighted by Crippen LogP contribution is -2.35. The molecular formula is C22H23FN4O2S. The minimum Gasteiger partial charge on any atom is -0.338 e. The Morgan fingerprint density at radius 3 is 2.50 bits per heavy atom. The summed E-state index contributed by atoms with van der Waals surface area (Å²) in [5.41, 5.74) is 0.947. The first kappa shape index (κ1) is 21.6. The topological polar surface area (TPSA) is 75.2 Å². The number of aromatic nitrogens is 2. The smallest absolute Gasteiger partial charge is 0.256 e. The minimum absolute atomic E-state index is 0.0191. The third-order valence-corrected chi connectivity index (χ3v) is 5.36. The molecule has 0 unspecified atom stereocenters. The molecule has 1 N–H and O–H groups in total. The molecule has 3 rings (SSSR count). The van der Waals surface area contributed by atoms with Gasteiger partial charge in [0.2, 0.25) is 11.0 Å². The summed E-state index contributed by atoms with van der Waals surface area (Å²) in [6.07, 6.45) is 1.75. The third-order valence-electron chi connectivity index (χ3n) is 4.47. The summed E-state index contributed by atoms with van der Waals surface area (Å²) in [5.74, 6) is -1.24. The van der Waals surface area contributed by atoms with E-state index in [-0.39, 0.29) is 24.4 Å². The van der Waals surface area contributed by atoms with Crippen molar-refractivity contribution in [3.63, 3.8) is 0 Å². The van der Waals surface area contributed by atoms with Gasteiger partial charge in [-0.3, -0.25) is 9.59 Å². The number of halogens is 1. The monoisotopic (exact) mass is 426 g/mol. The van der Waals surface area contributed by atoms with Crippen LogP contribution >= 0.6 is 11.3 Å². The van der Waals surface area contributed by atoms with E-state index in [0.29, 0.717) is 16.7 Å². The van der Waals surface area contributed by atoms with Gasteiger partial charge in [-0.25, -0.2) is 4.39 Å². The van der Waals surface area contributed by atoms with Crippen molar-refractivity contribution >= 4 is 28.3 Å². The second-order valence-electron chi connectivity index (χ2n) is 6.70. The SMILES string of the molecule is CCCCN(CCC(=O)Nc1nnc(-c2ccccc2)s1)C(=O)c1ccccc1F. The highest BCUT2D eigenvalue weighted by atomic mass is 32.1. The van der Waals surface area contributed by atoms with Crippen LogP contribution in [-0.2, 0) is 4.79 Å². The van der Waals surface area contributed by atoms with Gasteiger partial charge in [0.25, 0.3) is 5.91 Å². The molecule has 30 heavy (non-hydrogen) atoms. The van der Waals surface area contributed by atoms with Gasteiger partial charge in [-0.05, 0) is 18.6 Å². The number of carbonyl (C=O) groups is 2. The quantitative estimate of drug-likeness (QED) is 0.542. The van der Waals surface area contributed by atoms with E-state index in [2.05, 4.69) is 15.5 Å². The van der Waals surface area contributed by atoms with E-state index in [1.807, 2.05) is 37.3 Å². The van der Waals surface area contributed by atoms with E-state index in [9.17, 15) is 14.0 Å². The van der Waals surface area contributed by atoms with E-state index in [1.165, 1.54) is 28.4 Å². The van der Waals surface area contributed by atoms with Gasteiger partial charge < -0.3 is 10.2 Å². The Kier molecular flexibility index (Phi) is 7.62. The zero-order valence-corrected chi connectivity index (χ0v) is 17.5. The summed E-state index contributed by atoms with van der Waals surface area (Å²) >= 11 is 1.28. The maximum Gasteiger partial charge on any atom is 0.256 e. The highest BCUT2D eigenvalue weighted by Gasteiger charge is 2.20. The Morgan fingerprint density at radius 1 is 1.03 bits per heavy atom. The van der Waals surface area contributed by atoms with Crippen molar-refractivity contribution in [2.45, 2.75) is 26.2 Å². The number of benzene rings is 2. The number of hydrogen-bond acceptors (Lipinski definition) is 5. The number of hydrogen-bond donors (Lipinski definition) is 1. The van der Waals surface area contributed by atoms with E-state index in [0.717, 1.165) is 18.4 Å². The molecule has 1 aromatic heterocycles. The van der Waals surface area contributed by atoms with Crippen LogP contribution in [0.25, 0.3) is 10.6 Å². The normalized spacial score (nSPS) is 10.6. The molecule has 6 nitrogen and oxygen atoms in total. The summed E-state index contributed by atoms with van der Waals surface area (Å²) in [7, 11) is 0. The number of carbonyl (C=O) groups excluding carboxylic acids is 2. The van der Waals surface area contributed by atoms with Crippen molar-refractivity contribution in [2.24, 2.45) is 0 Å². The van der Waals surface area contributed by atoms with Gasteiger partial charge in [0, 0.05) is 25.1 Å². The Hall–Kier alpha value is -3.13. The maximum atomic E-state index is 14.0. The molecule has 1 heterocycles. The molecule has 0 saturated heterocycles. The first-order valence-electron chi connectivity index (χ1n) is 9.81. The van der Waals surface area contributed by atoms with Gasteiger partial charge in [0.1, 0.15) is 10.8 Å². The Morgan fingerprint density at radius 2 is 1.77 bits per heavy atom. The zero-order valence-electron chi connectivity index (χ0n) is 16.7. The number of nitrogens with zero attached hydrogens (tertiary/aromatic N) is 3. The molecule has 0 aliphatic rings. The van der Waals surface area contributed by atoms with E-state index < -0.39 is 11.7 Å². The van der Waals surface area contributed by atoms with Crippen LogP contribution in [0.4, 0.5) is 9.52 Å². The van der Waals surface area contributed by atoms with E-state index >= 15 is 0 Å². The van der Waals surface area contributed by atoms with Crippen LogP contribution in [0.2, 0.25) is 0 Å². The fourth-order valence-corrected chi connectivity index (χ4v) is 3.62. The Bertz CT molecular complexity index is 994. The van der Waals surface area contributed by atoms with Gasteiger partial charge in [-0.1, -0.05) is 67.1 Å². The average Bonchev–Trinajstić information content (AvgIpc) is 3.23. The number of amides is 2. The summed E-state index contributed by atoms with van der Waals surface area (Å²) in [4.78, 5) is 26.6. The van der Waals surface area contributed by atoms with E-state index in [4.69, 9.17) is 0 Å². The molecule has 3 aromatic rings. The lowest BCUT2D eigenvalue weighted by atomic mass is 10.1. The van der Waals surface area contributed by atoms with Gasteiger partial charge in [-0.2, -0.15) is 0 Å². The zero-order chi connectivity index (χ0) is 21.3. The number of anilines is 1. The number of unbranched alkanes of at least 4 members (excludes halogenated alkanes) is 1. The molecule has 0 atom stereocenters. The van der Waals surface area contributed by atoms with Gasteiger partial charge in [0.15, 0.2) is 0 Å². The fraction of sp³-hybridized carbons (Fsp3) is 0.273. The largest absolute Gasteiger partial charge is 0.338 e. The Balaban J connectivity index is 1.60. The lowest BCUT2D eigenvalue weighted by molar-refractivity contribution is -0.116. The molecule has 2 aromatic carbocycles. The second kappa shape index (κ2) is 10.6. The van der Waals surface area contributed by atoms with Crippen LogP contribution < -0.4 is 5.32 Å². The summed E-state index contributed by atoms with van der Waals surface area (Å²) in [6, 6.07) is 15.5. The van der Waals surface area contributed by atoms with Crippen LogP contribution in [-0.4, -0.2) is 40.0 Å². The summed E-state index contributed by atoms with van der Waals surface area (Å²) < 4.78 is 14.0. The van der Waals surface area contributed by atoms with Gasteiger partial charge in [0.05, 0.1) is 5.56 Å². The fourth-order valence-electron chi connectivity index (χ4n) is 2.86. The van der Waals surface area contributed by atoms with Gasteiger partial charge in [-0.15, -0.1) is 10.2 Å². The highest BCUT2D eigenvalue weighted by Crippen LogP contribution is 2.26. The minimum atomic E-state index is -0.559. The van der Waals surface area contributed by atoms with Gasteiger partial charge >= 0.3 is 0 Å². The molecule has 0 fully saturated rings. The van der Waals surface area contributed by atoms with Crippen LogP contribution in [0.5, 0.6) is 0 Å². The summed E-state index contributed by atoms with van der Waals surface area (Å²) in [5, 5.41) is 12.0. The number of nitrogens with one attached hydrogen (secondary N) is 1. The summed E-state index contributed by atoms with van der Waals surface area (Å²) in [6.45, 7) is 2.68. The van der Waals surface area contributed by atoms with E-state index in [1.54, 1.807) is 12.1 Å². The lowest BCUT2D eigenvalue weighted by Gasteiger charge is -2.22. The second-order valence-corrected chi connectivity index (χ2v) is 7.68. The standard InChI is InChI=1S/C22H23FN4O2S/c1-2-3-14-27(21(29)17-11-7-8-12-18(17)23)15-13-19(28)24-22-26-25-20(30-22)16-9-5-4-6-10-16/h4-12H,2-3,13-15H2,1H3,(H,24,26,28). The van der Waals surface area contributed by atoms with Crippen molar-refractivity contribution < 1.29 is 14.0 Å². The number of rotatable bonds is 9. The molecule has 8 heteroatoms. The first-order chi connectivity index (χ1) is 14.6. The predicted octanol–water partition coefficient (Wildman–Crippen LogP) is 4.62. The van der Waals surface area contributed by atoms with Crippen LogP contribution in [0.3, 0.4) is 0 Å². The molecular weight excluding hydrogens is 403 g/mol. The van der Waals surface area contributed by atoms with Crippen molar-refractivity contribution in [1.82, 2.24) is 15.1 Å². The van der Waals surface area contributed by atoms with Crippen molar-refractivity contribution in [3.8, 4) is 10.6 Å². The van der Waals surface area contributed by atoms with Crippen molar-refractivity contribution in [3.05, 3.63) is 66.0 Å². The highest BCUT2D eigenvalue weighted by molar-refractivity contribution is 7.18. The molecule has 0 aliphatic heterocycles. The molecule has 0 bridgehead atoms. The molecule has 0 saturated carbocycles. The molecule has 2 amide bonds. The predicted molar refractivity (Wildman–Crippen MR) is 116 cm³/mol. The molecule has 156 valence electrons. The third kappa shape index (κ3) is 5.70. The first-order valence-corrected chi connectivity index (χ1v) is 10.6. The average molecular weight is 427 g/mol. The van der Waals surface area contributed by atoms with Crippen LogP contribution in [0.15, 0.2) is 54.6 Å².